The molecule has 0 radical (unpaired) electrons. The molecule has 10 heteroatoms. The number of aromatic nitrogens is 2. The van der Waals surface area contributed by atoms with Crippen LogP contribution in [-0.4, -0.2) is 25.2 Å². The van der Waals surface area contributed by atoms with Crippen molar-refractivity contribution in [1.29, 1.82) is 0 Å². The standard InChI is InChI=1S/C11H10ClF2N3O3S/c1-6-4-10(16-15-6)17-21(18,19)7-2-3-9(8(12)5-7)20-11(13)14/h2-5,11H,1H3,(H2,15,16,17). The fourth-order valence-electron chi connectivity index (χ4n) is 1.51. The molecule has 0 saturated heterocycles. The summed E-state index contributed by atoms with van der Waals surface area (Å²) in [7, 11) is -3.93. The van der Waals surface area contributed by atoms with E-state index >= 15 is 0 Å². The zero-order valence-electron chi connectivity index (χ0n) is 10.6. The fourth-order valence-corrected chi connectivity index (χ4v) is 2.81. The number of alkyl halides is 2. The van der Waals surface area contributed by atoms with E-state index in [1.807, 2.05) is 0 Å². The third-order valence-electron chi connectivity index (χ3n) is 2.37. The number of halogens is 3. The van der Waals surface area contributed by atoms with E-state index in [0.29, 0.717) is 5.69 Å². The third kappa shape index (κ3) is 3.82. The number of aryl methyl sites for hydroxylation is 1. The van der Waals surface area contributed by atoms with Gasteiger partial charge in [0, 0.05) is 11.8 Å². The highest BCUT2D eigenvalue weighted by Gasteiger charge is 2.18. The summed E-state index contributed by atoms with van der Waals surface area (Å²) in [4.78, 5) is -0.199. The van der Waals surface area contributed by atoms with Crippen molar-refractivity contribution in [3.8, 4) is 5.75 Å². The monoisotopic (exact) mass is 337 g/mol. The lowest BCUT2D eigenvalue weighted by molar-refractivity contribution is -0.0498. The van der Waals surface area contributed by atoms with Crippen molar-refractivity contribution >= 4 is 27.4 Å². The van der Waals surface area contributed by atoms with Crippen LogP contribution in [0.1, 0.15) is 5.69 Å². The maximum atomic E-state index is 12.1. The third-order valence-corrected chi connectivity index (χ3v) is 4.02. The zero-order valence-corrected chi connectivity index (χ0v) is 12.2. The summed E-state index contributed by atoms with van der Waals surface area (Å²) in [5.41, 5.74) is 0.673. The van der Waals surface area contributed by atoms with Gasteiger partial charge in [0.2, 0.25) is 0 Å². The van der Waals surface area contributed by atoms with Gasteiger partial charge in [0.15, 0.2) is 5.82 Å². The number of hydrogen-bond donors (Lipinski definition) is 2. The summed E-state index contributed by atoms with van der Waals surface area (Å²) < 4.78 is 54.7. The molecule has 0 atom stereocenters. The summed E-state index contributed by atoms with van der Waals surface area (Å²) in [6.07, 6.45) is 0. The molecule has 1 aromatic carbocycles. The van der Waals surface area contributed by atoms with Crippen LogP contribution in [0.25, 0.3) is 0 Å². The van der Waals surface area contributed by atoms with Gasteiger partial charge < -0.3 is 4.74 Å². The van der Waals surface area contributed by atoms with Crippen LogP contribution in [0.2, 0.25) is 5.02 Å². The number of nitrogens with one attached hydrogen (secondary N) is 2. The minimum absolute atomic E-state index is 0.108. The van der Waals surface area contributed by atoms with Gasteiger partial charge >= 0.3 is 6.61 Å². The SMILES string of the molecule is Cc1cc(NS(=O)(=O)c2ccc(OC(F)F)c(Cl)c2)n[nH]1. The number of ether oxygens (including phenoxy) is 1. The highest BCUT2D eigenvalue weighted by Crippen LogP contribution is 2.29. The van der Waals surface area contributed by atoms with Gasteiger partial charge in [0.25, 0.3) is 10.0 Å². The van der Waals surface area contributed by atoms with Crippen LogP contribution in [0.15, 0.2) is 29.2 Å². The average Bonchev–Trinajstić information content (AvgIpc) is 2.76. The highest BCUT2D eigenvalue weighted by molar-refractivity contribution is 7.92. The molecule has 0 aliphatic heterocycles. The number of aromatic amines is 1. The van der Waals surface area contributed by atoms with E-state index in [-0.39, 0.29) is 21.5 Å². The van der Waals surface area contributed by atoms with Gasteiger partial charge in [-0.1, -0.05) is 11.6 Å². The summed E-state index contributed by atoms with van der Waals surface area (Å²) in [5.74, 6) is -0.197. The summed E-state index contributed by atoms with van der Waals surface area (Å²) in [6, 6.07) is 4.67. The van der Waals surface area contributed by atoms with Crippen molar-refractivity contribution in [2.45, 2.75) is 18.4 Å². The Kier molecular flexibility index (Phi) is 4.33. The number of nitrogens with zero attached hydrogens (tertiary/aromatic N) is 1. The van der Waals surface area contributed by atoms with Crippen LogP contribution in [0.3, 0.4) is 0 Å². The molecule has 114 valence electrons. The predicted octanol–water partition coefficient (Wildman–Crippen LogP) is 2.77. The van der Waals surface area contributed by atoms with Gasteiger partial charge in [0.1, 0.15) is 5.75 Å². The Morgan fingerprint density at radius 1 is 1.38 bits per heavy atom. The second kappa shape index (κ2) is 5.86. The Hall–Kier alpha value is -1.87. The first-order chi connectivity index (χ1) is 9.78. The van der Waals surface area contributed by atoms with Crippen molar-refractivity contribution in [3.05, 3.63) is 35.0 Å². The van der Waals surface area contributed by atoms with Crippen LogP contribution in [0.5, 0.6) is 5.75 Å². The summed E-state index contributed by atoms with van der Waals surface area (Å²) in [6.45, 7) is -1.34. The van der Waals surface area contributed by atoms with Gasteiger partial charge in [-0.15, -0.1) is 0 Å². The Morgan fingerprint density at radius 3 is 2.62 bits per heavy atom. The minimum Gasteiger partial charge on any atom is -0.433 e. The Balaban J connectivity index is 2.26. The van der Waals surface area contributed by atoms with E-state index in [1.165, 1.54) is 6.07 Å². The first-order valence-corrected chi connectivity index (χ1v) is 7.43. The number of hydrogen-bond acceptors (Lipinski definition) is 4. The van der Waals surface area contributed by atoms with Gasteiger partial charge in [-0.25, -0.2) is 8.42 Å². The van der Waals surface area contributed by atoms with Crippen LogP contribution in [0.4, 0.5) is 14.6 Å². The molecule has 1 heterocycles. The second-order valence-corrected chi connectivity index (χ2v) is 6.10. The Labute approximate surface area is 124 Å². The lowest BCUT2D eigenvalue weighted by atomic mass is 10.3. The number of H-pyrrole nitrogens is 1. The molecule has 2 aromatic rings. The molecular weight excluding hydrogens is 328 g/mol. The number of benzene rings is 1. The molecular formula is C11H10ClF2N3O3S. The molecule has 0 amide bonds. The van der Waals surface area contributed by atoms with Crippen molar-refractivity contribution in [1.82, 2.24) is 10.2 Å². The van der Waals surface area contributed by atoms with Gasteiger partial charge in [-0.3, -0.25) is 9.82 Å². The first kappa shape index (κ1) is 15.5. The van der Waals surface area contributed by atoms with Crippen molar-refractivity contribution in [3.63, 3.8) is 0 Å². The largest absolute Gasteiger partial charge is 0.433 e. The molecule has 21 heavy (non-hydrogen) atoms. The van der Waals surface area contributed by atoms with E-state index < -0.39 is 16.6 Å². The van der Waals surface area contributed by atoms with E-state index in [4.69, 9.17) is 11.6 Å². The number of anilines is 1. The van der Waals surface area contributed by atoms with Gasteiger partial charge in [0.05, 0.1) is 9.92 Å². The molecule has 1 aromatic heterocycles. The van der Waals surface area contributed by atoms with E-state index in [9.17, 15) is 17.2 Å². The maximum absolute atomic E-state index is 12.1. The van der Waals surface area contributed by atoms with E-state index in [1.54, 1.807) is 6.92 Å². The molecule has 2 N–H and O–H groups in total. The van der Waals surface area contributed by atoms with Crippen LogP contribution in [-0.2, 0) is 10.0 Å². The van der Waals surface area contributed by atoms with Crippen LogP contribution < -0.4 is 9.46 Å². The lowest BCUT2D eigenvalue weighted by Crippen LogP contribution is -2.13. The predicted molar refractivity (Wildman–Crippen MR) is 72.2 cm³/mol. The molecule has 0 aliphatic carbocycles. The zero-order chi connectivity index (χ0) is 15.6. The molecule has 2 rings (SSSR count). The second-order valence-electron chi connectivity index (χ2n) is 4.01. The van der Waals surface area contributed by atoms with E-state index in [0.717, 1.165) is 18.2 Å². The number of rotatable bonds is 5. The normalized spacial score (nSPS) is 11.7. The van der Waals surface area contributed by atoms with Crippen LogP contribution >= 0.6 is 11.6 Å². The average molecular weight is 338 g/mol. The lowest BCUT2D eigenvalue weighted by Gasteiger charge is -2.09. The maximum Gasteiger partial charge on any atom is 0.387 e. The smallest absolute Gasteiger partial charge is 0.387 e. The van der Waals surface area contributed by atoms with Crippen LogP contribution in [0, 0.1) is 6.92 Å². The molecule has 0 unspecified atom stereocenters. The summed E-state index contributed by atoms with van der Waals surface area (Å²) in [5, 5.41) is 6.07. The first-order valence-electron chi connectivity index (χ1n) is 5.57. The molecule has 0 saturated carbocycles. The van der Waals surface area contributed by atoms with Crippen molar-refractivity contribution < 1.29 is 21.9 Å². The van der Waals surface area contributed by atoms with E-state index in [2.05, 4.69) is 19.7 Å². The summed E-state index contributed by atoms with van der Waals surface area (Å²) >= 11 is 5.71. The highest BCUT2D eigenvalue weighted by atomic mass is 35.5. The van der Waals surface area contributed by atoms with Gasteiger partial charge in [-0.05, 0) is 25.1 Å². The van der Waals surface area contributed by atoms with Gasteiger partial charge in [-0.2, -0.15) is 13.9 Å². The fraction of sp³-hybridized carbons (Fsp3) is 0.182. The molecule has 6 nitrogen and oxygen atoms in total. The van der Waals surface area contributed by atoms with Crippen molar-refractivity contribution in [2.24, 2.45) is 0 Å². The minimum atomic E-state index is -3.93. The molecule has 0 bridgehead atoms. The topological polar surface area (TPSA) is 84.1 Å². The Bertz CT molecular complexity index is 749. The molecule has 0 aliphatic rings. The van der Waals surface area contributed by atoms with Crippen molar-refractivity contribution in [2.75, 3.05) is 4.72 Å². The molecule has 0 spiro atoms. The Morgan fingerprint density at radius 2 is 2.10 bits per heavy atom. The number of sulfonamides is 1. The quantitative estimate of drug-likeness (QED) is 0.878. The molecule has 0 fully saturated rings.